The van der Waals surface area contributed by atoms with E-state index >= 15 is 0 Å². The van der Waals surface area contributed by atoms with E-state index in [0.29, 0.717) is 5.56 Å². The molecule has 2 aromatic carbocycles. The Kier molecular flexibility index (Phi) is 8.66. The monoisotopic (exact) mass is 587 g/mol. The number of benzene rings is 2. The summed E-state index contributed by atoms with van der Waals surface area (Å²) >= 11 is 0. The lowest BCUT2D eigenvalue weighted by Gasteiger charge is -2.47. The number of carbonyl (C=O) groups is 2. The van der Waals surface area contributed by atoms with Crippen LogP contribution in [0.3, 0.4) is 0 Å². The number of fused-ring (bicyclic) bond motifs is 1. The Morgan fingerprint density at radius 1 is 1.05 bits per heavy atom. The highest BCUT2D eigenvalue weighted by Crippen LogP contribution is 2.38. The van der Waals surface area contributed by atoms with Gasteiger partial charge in [0, 0.05) is 19.1 Å². The van der Waals surface area contributed by atoms with Crippen LogP contribution in [0, 0.1) is 6.92 Å². The number of aliphatic hydroxyl groups is 1. The molecule has 4 atom stereocenters. The molecule has 0 unspecified atom stereocenters. The van der Waals surface area contributed by atoms with Gasteiger partial charge in [0.15, 0.2) is 18.0 Å². The molecule has 0 spiro atoms. The Morgan fingerprint density at radius 3 is 2.26 bits per heavy atom. The van der Waals surface area contributed by atoms with E-state index in [-0.39, 0.29) is 39.3 Å². The highest BCUT2D eigenvalue weighted by Gasteiger charge is 2.53. The number of primary amides is 1. The number of aromatic hydroxyl groups is 1. The highest BCUT2D eigenvalue weighted by molar-refractivity contribution is 6.03. The van der Waals surface area contributed by atoms with Gasteiger partial charge < -0.3 is 48.8 Å². The summed E-state index contributed by atoms with van der Waals surface area (Å²) < 4.78 is 38.5. The van der Waals surface area contributed by atoms with Crippen LogP contribution in [0.4, 0.5) is 4.79 Å². The molecule has 1 amide bonds. The maximum absolute atomic E-state index is 13.2. The van der Waals surface area contributed by atoms with Crippen molar-refractivity contribution in [1.29, 1.82) is 0 Å². The van der Waals surface area contributed by atoms with E-state index in [1.807, 2.05) is 0 Å². The van der Waals surface area contributed by atoms with Gasteiger partial charge >= 0.3 is 11.7 Å². The van der Waals surface area contributed by atoms with Crippen LogP contribution in [-0.2, 0) is 20.6 Å². The van der Waals surface area contributed by atoms with Crippen LogP contribution < -0.4 is 25.6 Å². The first kappa shape index (κ1) is 30.6. The first-order valence-electron chi connectivity index (χ1n) is 12.9. The van der Waals surface area contributed by atoms with E-state index in [0.717, 1.165) is 0 Å². The van der Waals surface area contributed by atoms with Gasteiger partial charge in [-0.1, -0.05) is 6.07 Å². The molecule has 1 saturated heterocycles. The molecular formula is C29H33NO12. The molecule has 4 N–H and O–H groups in total. The minimum absolute atomic E-state index is 0.00895. The minimum atomic E-state index is -1.51. The Hall–Kier alpha value is -4.33. The third kappa shape index (κ3) is 5.58. The van der Waals surface area contributed by atoms with Gasteiger partial charge in [-0.2, -0.15) is 0 Å². The van der Waals surface area contributed by atoms with Gasteiger partial charge in [0.1, 0.15) is 40.2 Å². The zero-order valence-electron chi connectivity index (χ0n) is 24.0. The molecule has 0 saturated carbocycles. The number of Topliss-reactive ketones (excluding diaryl/α,β-unsaturated/α-hetero) is 1. The Balaban J connectivity index is 1.68. The number of nitrogens with two attached hydrogens (primary N) is 1. The molecule has 42 heavy (non-hydrogen) atoms. The van der Waals surface area contributed by atoms with Crippen LogP contribution in [0.15, 0.2) is 39.5 Å². The summed E-state index contributed by atoms with van der Waals surface area (Å²) in [6.45, 7) is 4.89. The van der Waals surface area contributed by atoms with Crippen molar-refractivity contribution in [3.63, 3.8) is 0 Å². The third-order valence-electron chi connectivity index (χ3n) is 7.15. The second-order valence-electron chi connectivity index (χ2n) is 10.2. The van der Waals surface area contributed by atoms with E-state index in [4.69, 9.17) is 38.6 Å². The van der Waals surface area contributed by atoms with Crippen LogP contribution >= 0.6 is 0 Å². The first-order valence-corrected chi connectivity index (χ1v) is 12.9. The molecule has 1 aliphatic heterocycles. The predicted octanol–water partition coefficient (Wildman–Crippen LogP) is 2.60. The van der Waals surface area contributed by atoms with Crippen LogP contribution in [0.5, 0.6) is 23.0 Å². The number of carbonyl (C=O) groups excluding carboxylic acids is 2. The average Bonchev–Trinajstić information content (AvgIpc) is 2.94. The Bertz CT molecular complexity index is 1540. The first-order chi connectivity index (χ1) is 19.8. The molecule has 1 aromatic heterocycles. The second-order valence-corrected chi connectivity index (χ2v) is 10.2. The van der Waals surface area contributed by atoms with Gasteiger partial charge in [0.25, 0.3) is 0 Å². The van der Waals surface area contributed by atoms with Crippen LogP contribution in [-0.4, -0.2) is 73.6 Å². The average molecular weight is 588 g/mol. The molecule has 1 fully saturated rings. The van der Waals surface area contributed by atoms with Gasteiger partial charge in [0.2, 0.25) is 6.29 Å². The van der Waals surface area contributed by atoms with Crippen molar-refractivity contribution in [3.8, 4) is 23.0 Å². The third-order valence-corrected chi connectivity index (χ3v) is 7.15. The largest absolute Gasteiger partial charge is 0.507 e. The SMILES string of the molecule is COc1cccc(OC)c1C(=O)Cc1c(O)c2ccc(O[C@@H]3OC(C)(C)[C@H](OC)[C@@H](OC(N)=O)[C@H]3O)c(C)c2oc1=O. The number of aryl methyl sites for hydroxylation is 1. The van der Waals surface area contributed by atoms with Crippen LogP contribution in [0.1, 0.15) is 35.3 Å². The lowest BCUT2D eigenvalue weighted by Crippen LogP contribution is -2.65. The molecule has 13 nitrogen and oxygen atoms in total. The molecule has 13 heteroatoms. The van der Waals surface area contributed by atoms with Gasteiger partial charge in [-0.25, -0.2) is 9.59 Å². The quantitative estimate of drug-likeness (QED) is 0.246. The van der Waals surface area contributed by atoms with Gasteiger partial charge in [-0.15, -0.1) is 0 Å². The number of aliphatic hydroxyl groups excluding tert-OH is 1. The Labute approximate surface area is 240 Å². The fourth-order valence-corrected chi connectivity index (χ4v) is 5.13. The van der Waals surface area contributed by atoms with E-state index in [1.165, 1.54) is 33.5 Å². The molecule has 226 valence electrons. The van der Waals surface area contributed by atoms with Gasteiger partial charge in [0.05, 0.1) is 30.8 Å². The van der Waals surface area contributed by atoms with Crippen molar-refractivity contribution in [3.05, 3.63) is 57.4 Å². The highest BCUT2D eigenvalue weighted by atomic mass is 16.7. The van der Waals surface area contributed by atoms with Crippen molar-refractivity contribution >= 4 is 22.8 Å². The van der Waals surface area contributed by atoms with Crippen molar-refractivity contribution in [2.45, 2.75) is 57.4 Å². The number of ether oxygens (including phenoxy) is 6. The molecule has 1 aliphatic rings. The summed E-state index contributed by atoms with van der Waals surface area (Å²) in [4.78, 5) is 37.7. The summed E-state index contributed by atoms with van der Waals surface area (Å²) in [6.07, 6.45) is -6.55. The molecule has 0 radical (unpaired) electrons. The van der Waals surface area contributed by atoms with Crippen LogP contribution in [0.2, 0.25) is 0 Å². The topological polar surface area (TPSA) is 186 Å². The summed E-state index contributed by atoms with van der Waals surface area (Å²) in [5.41, 5.74) is 3.33. The molecule has 2 heterocycles. The number of rotatable bonds is 9. The molecule has 4 rings (SSSR count). The number of amides is 1. The standard InChI is InChI=1S/C29H33NO12/c1-13-17(39-27-22(33)24(41-28(30)35)25(38-6)29(2,3)42-27)11-10-14-21(32)15(26(34)40-23(13)14)12-16(31)20-18(36-4)8-7-9-19(20)37-5/h7-11,22,24-25,27,32-33H,12H2,1-6H3,(H2,30,35)/t22-,24+,25-,27-/m1/s1. The van der Waals surface area contributed by atoms with E-state index in [9.17, 15) is 24.6 Å². The minimum Gasteiger partial charge on any atom is -0.507 e. The number of ketones is 1. The summed E-state index contributed by atoms with van der Waals surface area (Å²) in [6, 6.07) is 7.72. The van der Waals surface area contributed by atoms with Crippen LogP contribution in [0.25, 0.3) is 11.0 Å². The zero-order valence-corrected chi connectivity index (χ0v) is 24.0. The van der Waals surface area contributed by atoms with Crippen molar-refractivity contribution in [2.24, 2.45) is 5.73 Å². The smallest absolute Gasteiger partial charge is 0.404 e. The maximum atomic E-state index is 13.2. The molecular weight excluding hydrogens is 554 g/mol. The van der Waals surface area contributed by atoms with E-state index in [1.54, 1.807) is 39.0 Å². The number of hydrogen-bond acceptors (Lipinski definition) is 12. The zero-order chi connectivity index (χ0) is 30.9. The lowest BCUT2D eigenvalue weighted by molar-refractivity contribution is -0.304. The maximum Gasteiger partial charge on any atom is 0.404 e. The Morgan fingerprint density at radius 2 is 1.69 bits per heavy atom. The van der Waals surface area contributed by atoms with Crippen molar-refractivity contribution < 1.29 is 52.6 Å². The second kappa shape index (κ2) is 11.9. The van der Waals surface area contributed by atoms with Crippen molar-refractivity contribution in [2.75, 3.05) is 21.3 Å². The lowest BCUT2D eigenvalue weighted by atomic mass is 9.89. The van der Waals surface area contributed by atoms with Gasteiger partial charge in [-0.05, 0) is 45.0 Å². The van der Waals surface area contributed by atoms with E-state index in [2.05, 4.69) is 0 Å². The normalized spacial score (nSPS) is 21.5. The molecule has 0 bridgehead atoms. The molecule has 3 aromatic rings. The fourth-order valence-electron chi connectivity index (χ4n) is 5.13. The number of hydrogen-bond donors (Lipinski definition) is 3. The fraction of sp³-hybridized carbons (Fsp3) is 0.414. The summed E-state index contributed by atoms with van der Waals surface area (Å²) in [5, 5.41) is 22.1. The van der Waals surface area contributed by atoms with Gasteiger partial charge in [-0.3, -0.25) is 4.79 Å². The summed E-state index contributed by atoms with van der Waals surface area (Å²) in [7, 11) is 4.17. The summed E-state index contributed by atoms with van der Waals surface area (Å²) in [5.74, 6) is -0.335. The molecule has 0 aliphatic carbocycles. The predicted molar refractivity (Wildman–Crippen MR) is 147 cm³/mol. The number of methoxy groups -OCH3 is 3. The van der Waals surface area contributed by atoms with Crippen molar-refractivity contribution in [1.82, 2.24) is 0 Å². The van der Waals surface area contributed by atoms with E-state index < -0.39 is 59.9 Å².